The molecule has 1 N–H and O–H groups in total. The molecular formula is C20H17NO3. The zero-order chi connectivity index (χ0) is 16.9. The second kappa shape index (κ2) is 5.06. The molecule has 24 heavy (non-hydrogen) atoms. The minimum Gasteiger partial charge on any atom is -0.489 e. The van der Waals surface area contributed by atoms with E-state index in [9.17, 15) is 9.59 Å². The normalized spacial score (nSPS) is 15.8. The van der Waals surface area contributed by atoms with Gasteiger partial charge in [0.05, 0.1) is 16.5 Å². The molecule has 0 saturated heterocycles. The highest BCUT2D eigenvalue weighted by Crippen LogP contribution is 2.40. The molecule has 120 valence electrons. The van der Waals surface area contributed by atoms with Crippen LogP contribution < -0.4 is 4.74 Å². The molecule has 2 aromatic carbocycles. The van der Waals surface area contributed by atoms with Crippen LogP contribution in [-0.2, 0) is 16.8 Å². The van der Waals surface area contributed by atoms with E-state index < -0.39 is 11.2 Å². The van der Waals surface area contributed by atoms with E-state index in [1.54, 1.807) is 13.8 Å². The van der Waals surface area contributed by atoms with Crippen molar-refractivity contribution in [2.45, 2.75) is 25.9 Å². The van der Waals surface area contributed by atoms with E-state index in [-0.39, 0.29) is 5.78 Å². The number of ketones is 2. The minimum atomic E-state index is -0.795. The fourth-order valence-electron chi connectivity index (χ4n) is 3.22. The van der Waals surface area contributed by atoms with E-state index in [0.717, 1.165) is 22.2 Å². The Hall–Kier alpha value is -2.88. The number of hydrogen-bond acceptors (Lipinski definition) is 3. The van der Waals surface area contributed by atoms with Gasteiger partial charge in [0.1, 0.15) is 12.4 Å². The summed E-state index contributed by atoms with van der Waals surface area (Å²) in [5.41, 5.74) is 2.33. The molecule has 0 saturated carbocycles. The lowest BCUT2D eigenvalue weighted by molar-refractivity contribution is -0.118. The first-order valence-corrected chi connectivity index (χ1v) is 7.90. The van der Waals surface area contributed by atoms with Crippen LogP contribution in [0.1, 0.15) is 35.5 Å². The first-order chi connectivity index (χ1) is 11.5. The van der Waals surface area contributed by atoms with Crippen molar-refractivity contribution < 1.29 is 14.3 Å². The molecule has 0 unspecified atom stereocenters. The molecular weight excluding hydrogens is 302 g/mol. The van der Waals surface area contributed by atoms with Crippen molar-refractivity contribution in [3.63, 3.8) is 0 Å². The van der Waals surface area contributed by atoms with E-state index in [0.29, 0.717) is 17.9 Å². The van der Waals surface area contributed by atoms with E-state index in [1.165, 1.54) is 0 Å². The monoisotopic (exact) mass is 319 g/mol. The lowest BCUT2D eigenvalue weighted by Crippen LogP contribution is -2.27. The first-order valence-electron chi connectivity index (χ1n) is 7.90. The highest BCUT2D eigenvalue weighted by Gasteiger charge is 2.47. The molecule has 1 heterocycles. The lowest BCUT2D eigenvalue weighted by atomic mass is 9.89. The van der Waals surface area contributed by atoms with Gasteiger partial charge in [0.15, 0.2) is 0 Å². The SMILES string of the molecule is CC1(C)C(=O)C(=O)c2c1[nH]c1cc(OCc3ccccc3)ccc21. The molecule has 0 radical (unpaired) electrons. The molecule has 0 bridgehead atoms. The van der Waals surface area contributed by atoms with Crippen molar-refractivity contribution in [1.82, 2.24) is 4.98 Å². The third-order valence-electron chi connectivity index (χ3n) is 4.64. The van der Waals surface area contributed by atoms with Crippen LogP contribution in [-0.4, -0.2) is 16.6 Å². The summed E-state index contributed by atoms with van der Waals surface area (Å²) in [5, 5.41) is 0.779. The molecule has 1 aliphatic rings. The number of Topliss-reactive ketones (excluding diaryl/α,β-unsaturated/α-hetero) is 2. The number of aromatic nitrogens is 1. The third-order valence-corrected chi connectivity index (χ3v) is 4.64. The molecule has 1 aliphatic carbocycles. The minimum absolute atomic E-state index is 0.352. The van der Waals surface area contributed by atoms with Crippen LogP contribution in [0, 0.1) is 0 Å². The van der Waals surface area contributed by atoms with Gasteiger partial charge < -0.3 is 9.72 Å². The zero-order valence-corrected chi connectivity index (χ0v) is 13.6. The molecule has 4 rings (SSSR count). The zero-order valence-electron chi connectivity index (χ0n) is 13.6. The van der Waals surface area contributed by atoms with Gasteiger partial charge in [0.25, 0.3) is 0 Å². The first kappa shape index (κ1) is 14.7. The number of ether oxygens (including phenoxy) is 1. The Morgan fingerprint density at radius 2 is 1.79 bits per heavy atom. The van der Waals surface area contributed by atoms with Gasteiger partial charge in [-0.05, 0) is 31.5 Å². The quantitative estimate of drug-likeness (QED) is 0.747. The predicted molar refractivity (Wildman–Crippen MR) is 91.4 cm³/mol. The van der Waals surface area contributed by atoms with Gasteiger partial charge in [0.2, 0.25) is 11.6 Å². The Labute approximate surface area is 139 Å². The second-order valence-corrected chi connectivity index (χ2v) is 6.64. The van der Waals surface area contributed by atoms with Crippen molar-refractivity contribution in [2.24, 2.45) is 0 Å². The smallest absolute Gasteiger partial charge is 0.232 e. The van der Waals surface area contributed by atoms with Crippen molar-refractivity contribution >= 4 is 22.5 Å². The van der Waals surface area contributed by atoms with E-state index >= 15 is 0 Å². The van der Waals surface area contributed by atoms with Crippen molar-refractivity contribution in [2.75, 3.05) is 0 Å². The Morgan fingerprint density at radius 3 is 2.54 bits per heavy atom. The molecule has 0 spiro atoms. The Morgan fingerprint density at radius 1 is 1.04 bits per heavy atom. The standard InChI is InChI=1S/C20H17NO3/c1-20(2)18-16(17(22)19(20)23)14-9-8-13(10-15(14)21-18)24-11-12-6-4-3-5-7-12/h3-10,21H,11H2,1-2H3. The van der Waals surface area contributed by atoms with Gasteiger partial charge in [-0.15, -0.1) is 0 Å². The number of fused-ring (bicyclic) bond motifs is 3. The van der Waals surface area contributed by atoms with Crippen LogP contribution in [0.2, 0.25) is 0 Å². The fraction of sp³-hybridized carbons (Fsp3) is 0.200. The third kappa shape index (κ3) is 2.07. The summed E-state index contributed by atoms with van der Waals surface area (Å²) in [6, 6.07) is 15.5. The maximum Gasteiger partial charge on any atom is 0.232 e. The van der Waals surface area contributed by atoms with E-state index in [1.807, 2.05) is 48.5 Å². The molecule has 4 nitrogen and oxygen atoms in total. The number of benzene rings is 2. The molecule has 0 fully saturated rings. The van der Waals surface area contributed by atoms with Crippen LogP contribution >= 0.6 is 0 Å². The van der Waals surface area contributed by atoms with Crippen LogP contribution in [0.3, 0.4) is 0 Å². The van der Waals surface area contributed by atoms with Crippen molar-refractivity contribution in [3.05, 3.63) is 65.4 Å². The number of carbonyl (C=O) groups excluding carboxylic acids is 2. The van der Waals surface area contributed by atoms with Gasteiger partial charge in [-0.2, -0.15) is 0 Å². The Bertz CT molecular complexity index is 967. The molecule has 0 amide bonds. The largest absolute Gasteiger partial charge is 0.489 e. The van der Waals surface area contributed by atoms with Gasteiger partial charge in [-0.25, -0.2) is 0 Å². The molecule has 1 aromatic heterocycles. The summed E-state index contributed by atoms with van der Waals surface area (Å²) in [6.07, 6.45) is 0. The number of aromatic amines is 1. The summed E-state index contributed by atoms with van der Waals surface area (Å²) in [5.74, 6) is -0.0304. The lowest BCUT2D eigenvalue weighted by Gasteiger charge is -2.13. The molecule has 0 aliphatic heterocycles. The van der Waals surface area contributed by atoms with Crippen LogP contribution in [0.4, 0.5) is 0 Å². The van der Waals surface area contributed by atoms with Gasteiger partial charge in [-0.3, -0.25) is 9.59 Å². The van der Waals surface area contributed by atoms with E-state index in [2.05, 4.69) is 4.98 Å². The van der Waals surface area contributed by atoms with Gasteiger partial charge in [0, 0.05) is 17.1 Å². The Balaban J connectivity index is 1.69. The maximum absolute atomic E-state index is 12.3. The van der Waals surface area contributed by atoms with Crippen LogP contribution in [0.5, 0.6) is 5.75 Å². The summed E-state index contributed by atoms with van der Waals surface area (Å²) in [7, 11) is 0. The second-order valence-electron chi connectivity index (χ2n) is 6.64. The van der Waals surface area contributed by atoms with Crippen LogP contribution in [0.25, 0.3) is 10.9 Å². The molecule has 4 heteroatoms. The number of rotatable bonds is 3. The van der Waals surface area contributed by atoms with Crippen LogP contribution in [0.15, 0.2) is 48.5 Å². The highest BCUT2D eigenvalue weighted by atomic mass is 16.5. The average Bonchev–Trinajstić information content (AvgIpc) is 3.05. The van der Waals surface area contributed by atoms with Gasteiger partial charge in [-0.1, -0.05) is 30.3 Å². The maximum atomic E-state index is 12.3. The average molecular weight is 319 g/mol. The summed E-state index contributed by atoms with van der Waals surface area (Å²) in [6.45, 7) is 4.04. The summed E-state index contributed by atoms with van der Waals surface area (Å²) < 4.78 is 5.83. The highest BCUT2D eigenvalue weighted by molar-refractivity contribution is 6.52. The van der Waals surface area contributed by atoms with E-state index in [4.69, 9.17) is 4.74 Å². The number of hydrogen-bond donors (Lipinski definition) is 1. The summed E-state index contributed by atoms with van der Waals surface area (Å²) in [4.78, 5) is 27.6. The van der Waals surface area contributed by atoms with Crippen molar-refractivity contribution in [1.29, 1.82) is 0 Å². The van der Waals surface area contributed by atoms with Gasteiger partial charge >= 0.3 is 0 Å². The molecule has 3 aromatic rings. The number of nitrogens with one attached hydrogen (secondary N) is 1. The van der Waals surface area contributed by atoms with Crippen molar-refractivity contribution in [3.8, 4) is 5.75 Å². The fourth-order valence-corrected chi connectivity index (χ4v) is 3.22. The Kier molecular flexibility index (Phi) is 3.10. The number of carbonyl (C=O) groups is 2. The topological polar surface area (TPSA) is 59.2 Å². The summed E-state index contributed by atoms with van der Waals surface area (Å²) >= 11 is 0. The number of H-pyrrole nitrogens is 1. The predicted octanol–water partition coefficient (Wildman–Crippen LogP) is 3.79. The molecule has 0 atom stereocenters.